The minimum atomic E-state index is -0.432. The molecule has 0 spiro atoms. The summed E-state index contributed by atoms with van der Waals surface area (Å²) in [6.07, 6.45) is 5.28. The zero-order chi connectivity index (χ0) is 17.5. The molecular weight excluding hydrogens is 290 g/mol. The third-order valence-corrected chi connectivity index (χ3v) is 4.40. The van der Waals surface area contributed by atoms with Crippen molar-refractivity contribution >= 4 is 6.09 Å². The van der Waals surface area contributed by atoms with Crippen LogP contribution >= 0.6 is 0 Å². The molecule has 1 aliphatic rings. The summed E-state index contributed by atoms with van der Waals surface area (Å²) in [5, 5.41) is 6.67. The highest BCUT2D eigenvalue weighted by atomic mass is 16.6. The normalized spacial score (nSPS) is 22.4. The number of nitrogens with one attached hydrogen (secondary N) is 2. The van der Waals surface area contributed by atoms with Crippen molar-refractivity contribution in [3.8, 4) is 0 Å². The van der Waals surface area contributed by atoms with Crippen LogP contribution in [0.4, 0.5) is 4.79 Å². The third-order valence-electron chi connectivity index (χ3n) is 4.40. The second kappa shape index (κ2) is 9.48. The van der Waals surface area contributed by atoms with Gasteiger partial charge in [-0.05, 0) is 86.9 Å². The van der Waals surface area contributed by atoms with Crippen molar-refractivity contribution in [2.24, 2.45) is 0 Å². The van der Waals surface area contributed by atoms with Crippen molar-refractivity contribution in [1.82, 2.24) is 15.5 Å². The van der Waals surface area contributed by atoms with Crippen molar-refractivity contribution in [3.05, 3.63) is 0 Å². The summed E-state index contributed by atoms with van der Waals surface area (Å²) in [6.45, 7) is 12.3. The molecule has 0 heterocycles. The van der Waals surface area contributed by atoms with Gasteiger partial charge in [0.2, 0.25) is 0 Å². The lowest BCUT2D eigenvalue weighted by atomic mass is 9.91. The molecular formula is C18H37N3O2. The van der Waals surface area contributed by atoms with Crippen LogP contribution in [-0.2, 0) is 4.74 Å². The highest BCUT2D eigenvalue weighted by molar-refractivity contribution is 5.68. The average molecular weight is 328 g/mol. The number of hydrogen-bond donors (Lipinski definition) is 2. The Hall–Kier alpha value is -0.810. The molecule has 136 valence electrons. The summed E-state index contributed by atoms with van der Waals surface area (Å²) < 4.78 is 5.35. The molecule has 0 aromatic rings. The first kappa shape index (κ1) is 20.2. The van der Waals surface area contributed by atoms with Gasteiger partial charge in [0, 0.05) is 18.1 Å². The van der Waals surface area contributed by atoms with Gasteiger partial charge < -0.3 is 20.3 Å². The van der Waals surface area contributed by atoms with E-state index >= 15 is 0 Å². The van der Waals surface area contributed by atoms with Crippen LogP contribution in [0.25, 0.3) is 0 Å². The van der Waals surface area contributed by atoms with Gasteiger partial charge in [-0.3, -0.25) is 0 Å². The van der Waals surface area contributed by atoms with Crippen LogP contribution in [-0.4, -0.2) is 54.9 Å². The summed E-state index contributed by atoms with van der Waals surface area (Å²) in [5.74, 6) is 0. The molecule has 1 rings (SSSR count). The number of hydrogen-bond acceptors (Lipinski definition) is 4. The van der Waals surface area contributed by atoms with Crippen LogP contribution in [0, 0.1) is 0 Å². The Balaban J connectivity index is 2.23. The fraction of sp³-hybridized carbons (Fsp3) is 0.944. The summed E-state index contributed by atoms with van der Waals surface area (Å²) in [6, 6.07) is 1.34. The maximum Gasteiger partial charge on any atom is 0.407 e. The fourth-order valence-corrected chi connectivity index (χ4v) is 2.87. The lowest BCUT2D eigenvalue weighted by Gasteiger charge is -2.31. The Morgan fingerprint density at radius 3 is 2.52 bits per heavy atom. The van der Waals surface area contributed by atoms with Crippen LogP contribution < -0.4 is 10.6 Å². The van der Waals surface area contributed by atoms with E-state index in [2.05, 4.69) is 36.4 Å². The zero-order valence-electron chi connectivity index (χ0n) is 15.9. The largest absolute Gasteiger partial charge is 0.444 e. The predicted molar refractivity (Wildman–Crippen MR) is 95.8 cm³/mol. The molecule has 1 fully saturated rings. The quantitative estimate of drug-likeness (QED) is 0.705. The lowest BCUT2D eigenvalue weighted by molar-refractivity contribution is 0.0488. The van der Waals surface area contributed by atoms with Crippen LogP contribution in [0.1, 0.15) is 66.7 Å². The molecule has 2 atom stereocenters. The standard InChI is InChI=1S/C18H37N3O2/c1-14(2)21(6)12-8-11-19-15-9-7-10-16(13-15)20-17(22)23-18(3,4)5/h14-16,19H,7-13H2,1-6H3,(H,20,22). The summed E-state index contributed by atoms with van der Waals surface area (Å²) in [5.41, 5.74) is -0.432. The molecule has 2 N–H and O–H groups in total. The molecule has 5 nitrogen and oxygen atoms in total. The molecule has 0 saturated heterocycles. The smallest absolute Gasteiger partial charge is 0.407 e. The predicted octanol–water partition coefficient (Wildman–Crippen LogP) is 3.14. The zero-order valence-corrected chi connectivity index (χ0v) is 15.9. The molecule has 1 aliphatic carbocycles. The Bertz CT molecular complexity index is 353. The molecule has 5 heteroatoms. The van der Waals surface area contributed by atoms with Gasteiger partial charge >= 0.3 is 6.09 Å². The second-order valence-corrected chi connectivity index (χ2v) is 8.09. The number of rotatable bonds is 7. The number of carbonyl (C=O) groups excluding carboxylic acids is 1. The van der Waals surface area contributed by atoms with Crippen LogP contribution in [0.5, 0.6) is 0 Å². The average Bonchev–Trinajstić information content (AvgIpc) is 2.41. The van der Waals surface area contributed by atoms with Gasteiger partial charge in [-0.15, -0.1) is 0 Å². The van der Waals surface area contributed by atoms with Crippen molar-refractivity contribution in [2.75, 3.05) is 20.1 Å². The monoisotopic (exact) mass is 327 g/mol. The minimum Gasteiger partial charge on any atom is -0.444 e. The molecule has 2 unspecified atom stereocenters. The Morgan fingerprint density at radius 1 is 1.26 bits per heavy atom. The van der Waals surface area contributed by atoms with Crippen molar-refractivity contribution in [3.63, 3.8) is 0 Å². The molecule has 1 amide bonds. The van der Waals surface area contributed by atoms with E-state index in [1.807, 2.05) is 20.8 Å². The SMILES string of the molecule is CC(C)N(C)CCCNC1CCCC(NC(=O)OC(C)(C)C)C1. The van der Waals surface area contributed by atoms with Crippen molar-refractivity contribution in [2.45, 2.75) is 90.4 Å². The van der Waals surface area contributed by atoms with E-state index in [1.54, 1.807) is 0 Å². The van der Waals surface area contributed by atoms with E-state index in [1.165, 1.54) is 6.42 Å². The Morgan fingerprint density at radius 2 is 1.91 bits per heavy atom. The number of carbonyl (C=O) groups is 1. The van der Waals surface area contributed by atoms with Gasteiger partial charge in [-0.1, -0.05) is 0 Å². The maximum atomic E-state index is 11.9. The number of amides is 1. The van der Waals surface area contributed by atoms with Crippen molar-refractivity contribution < 1.29 is 9.53 Å². The third kappa shape index (κ3) is 9.16. The fourth-order valence-electron chi connectivity index (χ4n) is 2.87. The van der Waals surface area contributed by atoms with E-state index in [0.717, 1.165) is 38.8 Å². The topological polar surface area (TPSA) is 53.6 Å². The highest BCUT2D eigenvalue weighted by Crippen LogP contribution is 2.19. The number of alkyl carbamates (subject to hydrolysis) is 1. The van der Waals surface area contributed by atoms with E-state index in [0.29, 0.717) is 12.1 Å². The first-order valence-electron chi connectivity index (χ1n) is 9.10. The number of nitrogens with zero attached hydrogens (tertiary/aromatic N) is 1. The van der Waals surface area contributed by atoms with E-state index < -0.39 is 5.60 Å². The van der Waals surface area contributed by atoms with Crippen LogP contribution in [0.3, 0.4) is 0 Å². The Kier molecular flexibility index (Phi) is 8.34. The summed E-state index contributed by atoms with van der Waals surface area (Å²) in [7, 11) is 2.17. The van der Waals surface area contributed by atoms with Gasteiger partial charge in [0.05, 0.1) is 0 Å². The molecule has 1 saturated carbocycles. The van der Waals surface area contributed by atoms with Gasteiger partial charge in [0.1, 0.15) is 5.60 Å². The molecule has 23 heavy (non-hydrogen) atoms. The summed E-state index contributed by atoms with van der Waals surface area (Å²) in [4.78, 5) is 14.2. The summed E-state index contributed by atoms with van der Waals surface area (Å²) >= 11 is 0. The van der Waals surface area contributed by atoms with Crippen molar-refractivity contribution in [1.29, 1.82) is 0 Å². The Labute approximate surface area is 142 Å². The second-order valence-electron chi connectivity index (χ2n) is 8.09. The first-order chi connectivity index (χ1) is 10.7. The minimum absolute atomic E-state index is 0.231. The molecule has 0 bridgehead atoms. The first-order valence-corrected chi connectivity index (χ1v) is 9.10. The number of ether oxygens (including phenoxy) is 1. The molecule has 0 radical (unpaired) electrons. The van der Waals surface area contributed by atoms with E-state index in [9.17, 15) is 4.79 Å². The molecule has 0 aromatic carbocycles. The van der Waals surface area contributed by atoms with Gasteiger partial charge in [0.15, 0.2) is 0 Å². The van der Waals surface area contributed by atoms with Crippen LogP contribution in [0.15, 0.2) is 0 Å². The van der Waals surface area contributed by atoms with E-state index in [4.69, 9.17) is 4.74 Å². The van der Waals surface area contributed by atoms with Crippen LogP contribution in [0.2, 0.25) is 0 Å². The van der Waals surface area contributed by atoms with E-state index in [-0.39, 0.29) is 12.1 Å². The molecule has 0 aliphatic heterocycles. The highest BCUT2D eigenvalue weighted by Gasteiger charge is 2.25. The van der Waals surface area contributed by atoms with Gasteiger partial charge in [-0.25, -0.2) is 4.79 Å². The van der Waals surface area contributed by atoms with Gasteiger partial charge in [0.25, 0.3) is 0 Å². The maximum absolute atomic E-state index is 11.9. The molecule has 0 aromatic heterocycles. The lowest BCUT2D eigenvalue weighted by Crippen LogP contribution is -2.46. The van der Waals surface area contributed by atoms with Gasteiger partial charge in [-0.2, -0.15) is 0 Å².